The molecule has 0 aliphatic heterocycles. The third-order valence-corrected chi connectivity index (χ3v) is 3.27. The molecule has 1 aromatic carbocycles. The van der Waals surface area contributed by atoms with Crippen molar-refractivity contribution in [3.05, 3.63) is 29.8 Å². The van der Waals surface area contributed by atoms with E-state index in [1.54, 1.807) is 7.11 Å². The number of rotatable bonds is 3. The van der Waals surface area contributed by atoms with Crippen molar-refractivity contribution < 1.29 is 9.53 Å². The van der Waals surface area contributed by atoms with E-state index in [0.29, 0.717) is 11.7 Å². The van der Waals surface area contributed by atoms with Crippen LogP contribution in [0.4, 0.5) is 0 Å². The van der Waals surface area contributed by atoms with E-state index < -0.39 is 0 Å². The molecule has 0 unspecified atom stereocenters. The van der Waals surface area contributed by atoms with Crippen molar-refractivity contribution in [2.75, 3.05) is 7.11 Å². The highest BCUT2D eigenvalue weighted by Crippen LogP contribution is 2.25. The second kappa shape index (κ2) is 5.15. The van der Waals surface area contributed by atoms with Gasteiger partial charge >= 0.3 is 0 Å². The van der Waals surface area contributed by atoms with Gasteiger partial charge in [0.15, 0.2) is 0 Å². The highest BCUT2D eigenvalue weighted by Gasteiger charge is 2.19. The monoisotopic (exact) mass is 218 g/mol. The van der Waals surface area contributed by atoms with Crippen LogP contribution in [0.2, 0.25) is 0 Å². The number of carbonyl (C=O) groups is 1. The lowest BCUT2D eigenvalue weighted by atomic mass is 9.84. The maximum Gasteiger partial charge on any atom is 0.133 e. The van der Waals surface area contributed by atoms with Gasteiger partial charge < -0.3 is 4.74 Å². The Hall–Kier alpha value is -1.31. The number of methoxy groups -OCH3 is 1. The molecule has 0 saturated heterocycles. The predicted molar refractivity (Wildman–Crippen MR) is 63.7 cm³/mol. The van der Waals surface area contributed by atoms with Gasteiger partial charge in [0.1, 0.15) is 11.5 Å². The average Bonchev–Trinajstić information content (AvgIpc) is 2.30. The summed E-state index contributed by atoms with van der Waals surface area (Å²) in [6.45, 7) is 0. The van der Waals surface area contributed by atoms with Crippen LogP contribution in [-0.4, -0.2) is 12.9 Å². The Kier molecular flexibility index (Phi) is 3.60. The first-order valence-electron chi connectivity index (χ1n) is 5.92. The first kappa shape index (κ1) is 11.2. The molecule has 1 aliphatic rings. The second-order valence-electron chi connectivity index (χ2n) is 4.55. The van der Waals surface area contributed by atoms with Gasteiger partial charge in [-0.05, 0) is 42.9 Å². The highest BCUT2D eigenvalue weighted by molar-refractivity contribution is 5.79. The third-order valence-electron chi connectivity index (χ3n) is 3.27. The maximum atomic E-state index is 11.3. The summed E-state index contributed by atoms with van der Waals surface area (Å²) in [5.74, 6) is 1.88. The Morgan fingerprint density at radius 1 is 1.31 bits per heavy atom. The lowest BCUT2D eigenvalue weighted by Crippen LogP contribution is -2.16. The predicted octanol–water partition coefficient (Wildman–Crippen LogP) is 3.00. The molecule has 1 atom stereocenters. The molecular formula is C14H18O2. The van der Waals surface area contributed by atoms with Crippen LogP contribution in [0, 0.1) is 5.92 Å². The largest absolute Gasteiger partial charge is 0.497 e. The summed E-state index contributed by atoms with van der Waals surface area (Å²) < 4.78 is 5.12. The first-order valence-corrected chi connectivity index (χ1v) is 5.92. The molecule has 16 heavy (non-hydrogen) atoms. The van der Waals surface area contributed by atoms with E-state index in [1.165, 1.54) is 12.0 Å². The molecule has 2 nitrogen and oxygen atoms in total. The Labute approximate surface area is 96.6 Å². The van der Waals surface area contributed by atoms with Crippen molar-refractivity contribution in [1.82, 2.24) is 0 Å². The standard InChI is InChI=1S/C14H18O2/c1-16-14-7-5-11(6-8-14)9-12-3-2-4-13(15)10-12/h5-8,12H,2-4,9-10H2,1H3/t12-/m1/s1. The lowest BCUT2D eigenvalue weighted by Gasteiger charge is -2.20. The quantitative estimate of drug-likeness (QED) is 0.779. The summed E-state index contributed by atoms with van der Waals surface area (Å²) in [5.41, 5.74) is 1.31. The fraction of sp³-hybridized carbons (Fsp3) is 0.500. The zero-order chi connectivity index (χ0) is 11.4. The van der Waals surface area contributed by atoms with Crippen LogP contribution in [0.3, 0.4) is 0 Å². The Bertz CT molecular complexity index is 354. The maximum absolute atomic E-state index is 11.3. The van der Waals surface area contributed by atoms with Gasteiger partial charge in [-0.25, -0.2) is 0 Å². The molecule has 1 fully saturated rings. The molecule has 1 aliphatic carbocycles. The van der Waals surface area contributed by atoms with Crippen LogP contribution >= 0.6 is 0 Å². The average molecular weight is 218 g/mol. The van der Waals surface area contributed by atoms with E-state index in [-0.39, 0.29) is 0 Å². The number of carbonyl (C=O) groups excluding carboxylic acids is 1. The molecule has 0 aromatic heterocycles. The van der Waals surface area contributed by atoms with E-state index in [1.807, 2.05) is 12.1 Å². The first-order chi connectivity index (χ1) is 7.78. The number of hydrogen-bond acceptors (Lipinski definition) is 2. The normalized spacial score (nSPS) is 20.8. The summed E-state index contributed by atoms with van der Waals surface area (Å²) in [7, 11) is 1.68. The summed E-state index contributed by atoms with van der Waals surface area (Å²) in [5, 5.41) is 0. The molecule has 0 heterocycles. The zero-order valence-electron chi connectivity index (χ0n) is 9.74. The van der Waals surface area contributed by atoms with Crippen LogP contribution in [0.15, 0.2) is 24.3 Å². The van der Waals surface area contributed by atoms with Gasteiger partial charge in [0.25, 0.3) is 0 Å². The van der Waals surface area contributed by atoms with Gasteiger partial charge in [0.2, 0.25) is 0 Å². The van der Waals surface area contributed by atoms with Gasteiger partial charge in [-0.1, -0.05) is 12.1 Å². The number of ketones is 1. The summed E-state index contributed by atoms with van der Waals surface area (Å²) >= 11 is 0. The smallest absolute Gasteiger partial charge is 0.133 e. The van der Waals surface area contributed by atoms with Crippen LogP contribution in [-0.2, 0) is 11.2 Å². The topological polar surface area (TPSA) is 26.3 Å². The number of hydrogen-bond donors (Lipinski definition) is 0. The van der Waals surface area contributed by atoms with Crippen molar-refractivity contribution in [2.45, 2.75) is 32.1 Å². The molecule has 1 saturated carbocycles. The molecule has 0 bridgehead atoms. The van der Waals surface area contributed by atoms with Gasteiger partial charge in [-0.3, -0.25) is 4.79 Å². The van der Waals surface area contributed by atoms with Gasteiger partial charge in [-0.2, -0.15) is 0 Å². The molecule has 0 N–H and O–H groups in total. The molecule has 86 valence electrons. The Morgan fingerprint density at radius 3 is 2.69 bits per heavy atom. The zero-order valence-corrected chi connectivity index (χ0v) is 9.74. The lowest BCUT2D eigenvalue weighted by molar-refractivity contribution is -0.121. The van der Waals surface area contributed by atoms with Crippen LogP contribution in [0.1, 0.15) is 31.2 Å². The van der Waals surface area contributed by atoms with Crippen LogP contribution in [0.25, 0.3) is 0 Å². The van der Waals surface area contributed by atoms with Crippen molar-refractivity contribution in [1.29, 1.82) is 0 Å². The molecule has 0 amide bonds. The number of benzene rings is 1. The fourth-order valence-corrected chi connectivity index (χ4v) is 2.38. The minimum absolute atomic E-state index is 0.435. The van der Waals surface area contributed by atoms with Gasteiger partial charge in [-0.15, -0.1) is 0 Å². The third kappa shape index (κ3) is 2.84. The van der Waals surface area contributed by atoms with Crippen LogP contribution < -0.4 is 4.74 Å². The summed E-state index contributed by atoms with van der Waals surface area (Å²) in [4.78, 5) is 11.3. The molecule has 2 heteroatoms. The van der Waals surface area contributed by atoms with Crippen molar-refractivity contribution in [3.8, 4) is 5.75 Å². The summed E-state index contributed by atoms with van der Waals surface area (Å²) in [6, 6.07) is 8.16. The van der Waals surface area contributed by atoms with Gasteiger partial charge in [0, 0.05) is 12.8 Å². The molecule has 2 rings (SSSR count). The van der Waals surface area contributed by atoms with E-state index in [9.17, 15) is 4.79 Å². The molecule has 0 spiro atoms. The SMILES string of the molecule is COc1ccc(C[C@H]2CCCC(=O)C2)cc1. The number of ether oxygens (including phenoxy) is 1. The van der Waals surface area contributed by atoms with E-state index in [0.717, 1.165) is 31.4 Å². The second-order valence-corrected chi connectivity index (χ2v) is 4.55. The van der Waals surface area contributed by atoms with E-state index in [2.05, 4.69) is 12.1 Å². The van der Waals surface area contributed by atoms with Crippen molar-refractivity contribution >= 4 is 5.78 Å². The van der Waals surface area contributed by atoms with Crippen molar-refractivity contribution in [2.24, 2.45) is 5.92 Å². The summed E-state index contributed by atoms with van der Waals surface area (Å²) in [6.07, 6.45) is 4.85. The Morgan fingerprint density at radius 2 is 2.06 bits per heavy atom. The number of Topliss-reactive ketones (excluding diaryl/α,β-unsaturated/α-hetero) is 1. The van der Waals surface area contributed by atoms with Crippen molar-refractivity contribution in [3.63, 3.8) is 0 Å². The molecule has 1 aromatic rings. The highest BCUT2D eigenvalue weighted by atomic mass is 16.5. The minimum Gasteiger partial charge on any atom is -0.497 e. The fourth-order valence-electron chi connectivity index (χ4n) is 2.38. The van der Waals surface area contributed by atoms with E-state index >= 15 is 0 Å². The van der Waals surface area contributed by atoms with Crippen LogP contribution in [0.5, 0.6) is 5.75 Å². The molecular weight excluding hydrogens is 200 g/mol. The van der Waals surface area contributed by atoms with E-state index in [4.69, 9.17) is 4.74 Å². The Balaban J connectivity index is 1.94. The molecule has 0 radical (unpaired) electrons. The minimum atomic E-state index is 0.435. The van der Waals surface area contributed by atoms with Gasteiger partial charge in [0.05, 0.1) is 7.11 Å².